The van der Waals surface area contributed by atoms with Crippen molar-refractivity contribution in [2.24, 2.45) is 0 Å². The minimum atomic E-state index is -4.77. The Labute approximate surface area is 174 Å². The summed E-state index contributed by atoms with van der Waals surface area (Å²) in [5, 5.41) is 5.32. The van der Waals surface area contributed by atoms with E-state index in [4.69, 9.17) is 10.5 Å². The van der Waals surface area contributed by atoms with Gasteiger partial charge in [-0.15, -0.1) is 13.2 Å². The molecule has 0 radical (unpaired) electrons. The molecular weight excluding hydrogens is 411 g/mol. The maximum Gasteiger partial charge on any atom is 0.573 e. The van der Waals surface area contributed by atoms with Gasteiger partial charge in [-0.25, -0.2) is 9.48 Å². The van der Waals surface area contributed by atoms with Crippen LogP contribution in [0.4, 0.5) is 18.9 Å². The molecule has 1 aromatic heterocycles. The standard InChI is InChI=1S/C22H16F3N3O3/c1-30-21(29)14-4-11-19-18(12-14)20(13-2-5-15(26)6-3-13)27-28(19)16-7-9-17(10-8-16)31-22(23,24)25/h2-12H,26H2,1H3. The average molecular weight is 427 g/mol. The van der Waals surface area contributed by atoms with E-state index in [1.807, 2.05) is 0 Å². The monoisotopic (exact) mass is 427 g/mol. The quantitative estimate of drug-likeness (QED) is 0.368. The number of alkyl halides is 3. The van der Waals surface area contributed by atoms with Crippen molar-refractivity contribution in [1.82, 2.24) is 9.78 Å². The zero-order chi connectivity index (χ0) is 22.2. The third kappa shape index (κ3) is 4.16. The molecule has 6 nitrogen and oxygen atoms in total. The van der Waals surface area contributed by atoms with Crippen LogP contribution in [0.1, 0.15) is 10.4 Å². The van der Waals surface area contributed by atoms with Gasteiger partial charge in [0.15, 0.2) is 0 Å². The number of esters is 1. The number of methoxy groups -OCH3 is 1. The molecule has 2 N–H and O–H groups in total. The largest absolute Gasteiger partial charge is 0.573 e. The summed E-state index contributed by atoms with van der Waals surface area (Å²) in [6.45, 7) is 0. The lowest BCUT2D eigenvalue weighted by atomic mass is 10.1. The van der Waals surface area contributed by atoms with Crippen molar-refractivity contribution in [2.75, 3.05) is 12.8 Å². The van der Waals surface area contributed by atoms with E-state index in [2.05, 4.69) is 9.84 Å². The Balaban J connectivity index is 1.86. The molecule has 0 spiro atoms. The van der Waals surface area contributed by atoms with Gasteiger partial charge in [-0.3, -0.25) is 0 Å². The lowest BCUT2D eigenvalue weighted by Crippen LogP contribution is -2.17. The number of rotatable bonds is 4. The summed E-state index contributed by atoms with van der Waals surface area (Å²) in [6.07, 6.45) is -4.77. The molecule has 0 aliphatic carbocycles. The summed E-state index contributed by atoms with van der Waals surface area (Å²) >= 11 is 0. The van der Waals surface area contributed by atoms with Gasteiger partial charge in [-0.2, -0.15) is 5.10 Å². The summed E-state index contributed by atoms with van der Waals surface area (Å²) in [5.41, 5.74) is 9.23. The predicted octanol–water partition coefficient (Wildman–Crippen LogP) is 4.96. The molecule has 0 atom stereocenters. The fourth-order valence-corrected chi connectivity index (χ4v) is 3.20. The highest BCUT2D eigenvalue weighted by Gasteiger charge is 2.31. The summed E-state index contributed by atoms with van der Waals surface area (Å²) in [4.78, 5) is 12.0. The summed E-state index contributed by atoms with van der Waals surface area (Å²) in [6, 6.07) is 17.4. The number of fused-ring (bicyclic) bond motifs is 1. The van der Waals surface area contributed by atoms with Gasteiger partial charge in [0.25, 0.3) is 0 Å². The zero-order valence-corrected chi connectivity index (χ0v) is 16.2. The third-order valence-electron chi connectivity index (χ3n) is 4.60. The molecule has 0 fully saturated rings. The molecule has 0 saturated heterocycles. The van der Waals surface area contributed by atoms with Gasteiger partial charge >= 0.3 is 12.3 Å². The molecule has 0 amide bonds. The van der Waals surface area contributed by atoms with Crippen molar-refractivity contribution in [3.8, 4) is 22.7 Å². The van der Waals surface area contributed by atoms with Gasteiger partial charge in [0.05, 0.1) is 23.9 Å². The van der Waals surface area contributed by atoms with E-state index >= 15 is 0 Å². The Kier molecular flexibility index (Phi) is 5.02. The van der Waals surface area contributed by atoms with Crippen molar-refractivity contribution in [2.45, 2.75) is 6.36 Å². The lowest BCUT2D eigenvalue weighted by molar-refractivity contribution is -0.274. The molecule has 158 valence electrons. The van der Waals surface area contributed by atoms with Gasteiger partial charge in [-0.05, 0) is 54.6 Å². The van der Waals surface area contributed by atoms with Gasteiger partial charge in [0.2, 0.25) is 0 Å². The maximum atomic E-state index is 12.4. The Bertz CT molecular complexity index is 1250. The average Bonchev–Trinajstić information content (AvgIpc) is 3.12. The molecule has 31 heavy (non-hydrogen) atoms. The van der Waals surface area contributed by atoms with Crippen LogP contribution in [0.3, 0.4) is 0 Å². The summed E-state index contributed by atoms with van der Waals surface area (Å²) in [7, 11) is 1.29. The minimum Gasteiger partial charge on any atom is -0.465 e. The Morgan fingerprint density at radius 2 is 1.68 bits per heavy atom. The maximum absolute atomic E-state index is 12.4. The van der Waals surface area contributed by atoms with Crippen LogP contribution in [-0.2, 0) is 4.74 Å². The second-order valence-electron chi connectivity index (χ2n) is 6.65. The number of hydrogen-bond donors (Lipinski definition) is 1. The van der Waals surface area contributed by atoms with Gasteiger partial charge < -0.3 is 15.2 Å². The first-order valence-corrected chi connectivity index (χ1v) is 9.08. The number of aromatic nitrogens is 2. The predicted molar refractivity (Wildman–Crippen MR) is 109 cm³/mol. The van der Waals surface area contributed by atoms with Crippen LogP contribution in [0.15, 0.2) is 66.7 Å². The van der Waals surface area contributed by atoms with Crippen molar-refractivity contribution >= 4 is 22.6 Å². The second kappa shape index (κ2) is 7.67. The van der Waals surface area contributed by atoms with Crippen LogP contribution < -0.4 is 10.5 Å². The molecular formula is C22H16F3N3O3. The number of nitrogens with zero attached hydrogens (tertiary/aromatic N) is 2. The molecule has 4 aromatic rings. The highest BCUT2D eigenvalue weighted by Crippen LogP contribution is 2.32. The van der Waals surface area contributed by atoms with Gasteiger partial charge in [0, 0.05) is 16.6 Å². The molecule has 1 heterocycles. The van der Waals surface area contributed by atoms with Crippen molar-refractivity contribution in [3.63, 3.8) is 0 Å². The Hall–Kier alpha value is -4.01. The topological polar surface area (TPSA) is 79.4 Å². The van der Waals surface area contributed by atoms with Crippen molar-refractivity contribution in [3.05, 3.63) is 72.3 Å². The van der Waals surface area contributed by atoms with Crippen LogP contribution in [0, 0.1) is 0 Å². The highest BCUT2D eigenvalue weighted by molar-refractivity contribution is 6.00. The molecule has 3 aromatic carbocycles. The number of nitrogen functional groups attached to an aromatic ring is 1. The van der Waals surface area contributed by atoms with E-state index in [1.54, 1.807) is 47.1 Å². The fourth-order valence-electron chi connectivity index (χ4n) is 3.20. The van der Waals surface area contributed by atoms with Crippen LogP contribution in [0.2, 0.25) is 0 Å². The fraction of sp³-hybridized carbons (Fsp3) is 0.0909. The number of nitrogens with two attached hydrogens (primary N) is 1. The zero-order valence-electron chi connectivity index (χ0n) is 16.2. The normalized spacial score (nSPS) is 11.5. The second-order valence-corrected chi connectivity index (χ2v) is 6.65. The molecule has 0 aliphatic rings. The van der Waals surface area contributed by atoms with Crippen LogP contribution in [-0.4, -0.2) is 29.2 Å². The van der Waals surface area contributed by atoms with E-state index in [-0.39, 0.29) is 5.75 Å². The van der Waals surface area contributed by atoms with Gasteiger partial charge in [-0.1, -0.05) is 12.1 Å². The highest BCUT2D eigenvalue weighted by atomic mass is 19.4. The lowest BCUT2D eigenvalue weighted by Gasteiger charge is -2.09. The number of anilines is 1. The van der Waals surface area contributed by atoms with E-state index in [1.165, 1.54) is 31.4 Å². The van der Waals surface area contributed by atoms with E-state index in [0.29, 0.717) is 33.5 Å². The van der Waals surface area contributed by atoms with Crippen LogP contribution in [0.5, 0.6) is 5.75 Å². The summed E-state index contributed by atoms with van der Waals surface area (Å²) < 4.78 is 47.6. The first-order chi connectivity index (χ1) is 14.7. The van der Waals surface area contributed by atoms with Gasteiger partial charge in [0.1, 0.15) is 11.4 Å². The van der Waals surface area contributed by atoms with Crippen molar-refractivity contribution in [1.29, 1.82) is 0 Å². The van der Waals surface area contributed by atoms with E-state index < -0.39 is 12.3 Å². The third-order valence-corrected chi connectivity index (χ3v) is 4.60. The van der Waals surface area contributed by atoms with E-state index in [9.17, 15) is 18.0 Å². The molecule has 0 bridgehead atoms. The first-order valence-electron chi connectivity index (χ1n) is 9.08. The number of benzene rings is 3. The Morgan fingerprint density at radius 1 is 1.00 bits per heavy atom. The molecule has 9 heteroatoms. The number of carbonyl (C=O) groups excluding carboxylic acids is 1. The van der Waals surface area contributed by atoms with Crippen LogP contribution in [0.25, 0.3) is 27.8 Å². The number of carbonyl (C=O) groups is 1. The van der Waals surface area contributed by atoms with E-state index in [0.717, 1.165) is 5.56 Å². The number of ether oxygens (including phenoxy) is 2. The smallest absolute Gasteiger partial charge is 0.465 e. The minimum absolute atomic E-state index is 0.334. The van der Waals surface area contributed by atoms with Crippen molar-refractivity contribution < 1.29 is 27.4 Å². The summed E-state index contributed by atoms with van der Waals surface area (Å²) in [5.74, 6) is -0.828. The number of hydrogen-bond acceptors (Lipinski definition) is 5. The number of halogens is 3. The molecule has 0 saturated carbocycles. The Morgan fingerprint density at radius 3 is 2.29 bits per heavy atom. The molecule has 0 aliphatic heterocycles. The van der Waals surface area contributed by atoms with Crippen LogP contribution >= 0.6 is 0 Å². The first kappa shape index (κ1) is 20.3. The molecule has 0 unspecified atom stereocenters. The SMILES string of the molecule is COC(=O)c1ccc2c(c1)c(-c1ccc(N)cc1)nn2-c1ccc(OC(F)(F)F)cc1. The molecule has 4 rings (SSSR count).